The fraction of sp³-hybridized carbons (Fsp3) is 0.583. The molecule has 0 saturated carbocycles. The Bertz CT molecular complexity index is 325. The summed E-state index contributed by atoms with van der Waals surface area (Å²) in [5.41, 5.74) is 7.59. The van der Waals surface area contributed by atoms with Crippen LogP contribution in [0.1, 0.15) is 24.1 Å². The van der Waals surface area contributed by atoms with Crippen LogP contribution in [0.3, 0.4) is 0 Å². The molecule has 2 N–H and O–H groups in total. The lowest BCUT2D eigenvalue weighted by Gasteiger charge is -2.11. The molecule has 2 rings (SSSR count). The maximum absolute atomic E-state index is 5.63. The zero-order valence-electron chi connectivity index (χ0n) is 9.39. The van der Waals surface area contributed by atoms with Crippen LogP contribution in [0, 0.1) is 0 Å². The molecule has 0 amide bonds. The second-order valence-electron chi connectivity index (χ2n) is 3.96. The number of nitrogens with two attached hydrogens (primary N) is 1. The highest BCUT2D eigenvalue weighted by Crippen LogP contribution is 2.13. The maximum Gasteiger partial charge on any atom is 0.0809 e. The van der Waals surface area contributed by atoms with Crippen LogP contribution in [-0.4, -0.2) is 24.3 Å². The van der Waals surface area contributed by atoms with Gasteiger partial charge in [0.25, 0.3) is 0 Å². The topological polar surface area (TPSA) is 57.4 Å². The van der Waals surface area contributed by atoms with Crippen LogP contribution >= 0.6 is 0 Å². The van der Waals surface area contributed by atoms with E-state index in [1.807, 2.05) is 12.1 Å². The number of aromatic nitrogens is 1. The van der Waals surface area contributed by atoms with E-state index < -0.39 is 0 Å². The highest BCUT2D eigenvalue weighted by molar-refractivity contribution is 5.18. The molecule has 4 nitrogen and oxygen atoms in total. The lowest BCUT2D eigenvalue weighted by atomic mass is 10.2. The Labute approximate surface area is 95.8 Å². The van der Waals surface area contributed by atoms with E-state index in [0.29, 0.717) is 19.8 Å². The molecule has 1 atom stereocenters. The summed E-state index contributed by atoms with van der Waals surface area (Å²) in [6.45, 7) is 2.56. The fourth-order valence-corrected chi connectivity index (χ4v) is 1.86. The standard InChI is InChI=1S/C12H18N2O2/c13-7-12-10(3-1-5-14-12)8-15-9-11-4-2-6-16-11/h1,3,5,11H,2,4,6-9,13H2. The highest BCUT2D eigenvalue weighted by Gasteiger charge is 2.15. The smallest absolute Gasteiger partial charge is 0.0809 e. The van der Waals surface area contributed by atoms with Crippen molar-refractivity contribution in [3.63, 3.8) is 0 Å². The molecule has 0 aliphatic carbocycles. The Balaban J connectivity index is 1.79. The van der Waals surface area contributed by atoms with E-state index in [9.17, 15) is 0 Å². The van der Waals surface area contributed by atoms with E-state index in [0.717, 1.165) is 30.7 Å². The molecule has 1 saturated heterocycles. The van der Waals surface area contributed by atoms with Gasteiger partial charge in [0.1, 0.15) is 0 Å². The maximum atomic E-state index is 5.63. The van der Waals surface area contributed by atoms with Crippen molar-refractivity contribution in [1.29, 1.82) is 0 Å². The Morgan fingerprint density at radius 1 is 1.56 bits per heavy atom. The third kappa shape index (κ3) is 3.01. The Hall–Kier alpha value is -0.970. The first kappa shape index (κ1) is 11.5. The Morgan fingerprint density at radius 2 is 2.50 bits per heavy atom. The van der Waals surface area contributed by atoms with Crippen molar-refractivity contribution >= 4 is 0 Å². The van der Waals surface area contributed by atoms with Crippen LogP contribution in [0.2, 0.25) is 0 Å². The first-order valence-corrected chi connectivity index (χ1v) is 5.72. The summed E-state index contributed by atoms with van der Waals surface area (Å²) in [6.07, 6.45) is 4.29. The molecule has 0 radical (unpaired) electrons. The van der Waals surface area contributed by atoms with Gasteiger partial charge in [0, 0.05) is 24.9 Å². The molecule has 1 aliphatic rings. The van der Waals surface area contributed by atoms with Crippen LogP contribution in [0.25, 0.3) is 0 Å². The molecule has 1 aromatic rings. The van der Waals surface area contributed by atoms with E-state index in [1.54, 1.807) is 6.20 Å². The first-order chi connectivity index (χ1) is 7.90. The average Bonchev–Trinajstić information content (AvgIpc) is 2.83. The molecular formula is C12H18N2O2. The number of hydrogen-bond donors (Lipinski definition) is 1. The molecule has 1 fully saturated rings. The lowest BCUT2D eigenvalue weighted by molar-refractivity contribution is 0.0103. The fourth-order valence-electron chi connectivity index (χ4n) is 1.86. The van der Waals surface area contributed by atoms with Gasteiger partial charge in [-0.1, -0.05) is 6.07 Å². The quantitative estimate of drug-likeness (QED) is 0.814. The van der Waals surface area contributed by atoms with Crippen molar-refractivity contribution in [2.75, 3.05) is 13.2 Å². The minimum absolute atomic E-state index is 0.276. The average molecular weight is 222 g/mol. The number of rotatable bonds is 5. The molecule has 0 aromatic carbocycles. The zero-order chi connectivity index (χ0) is 11.2. The third-order valence-corrected chi connectivity index (χ3v) is 2.76. The van der Waals surface area contributed by atoms with E-state index in [-0.39, 0.29) is 6.10 Å². The van der Waals surface area contributed by atoms with Crippen LogP contribution in [0.4, 0.5) is 0 Å². The van der Waals surface area contributed by atoms with Crippen molar-refractivity contribution in [3.8, 4) is 0 Å². The van der Waals surface area contributed by atoms with Gasteiger partial charge in [-0.05, 0) is 18.9 Å². The minimum atomic E-state index is 0.276. The molecule has 4 heteroatoms. The second kappa shape index (κ2) is 5.94. The first-order valence-electron chi connectivity index (χ1n) is 5.72. The molecule has 0 bridgehead atoms. The van der Waals surface area contributed by atoms with Gasteiger partial charge in [-0.15, -0.1) is 0 Å². The van der Waals surface area contributed by atoms with E-state index in [1.165, 1.54) is 0 Å². The second-order valence-corrected chi connectivity index (χ2v) is 3.96. The molecule has 16 heavy (non-hydrogen) atoms. The number of nitrogens with zero attached hydrogens (tertiary/aromatic N) is 1. The molecular weight excluding hydrogens is 204 g/mol. The van der Waals surface area contributed by atoms with Gasteiger partial charge >= 0.3 is 0 Å². The summed E-state index contributed by atoms with van der Waals surface area (Å²) >= 11 is 0. The Morgan fingerprint density at radius 3 is 3.25 bits per heavy atom. The van der Waals surface area contributed by atoms with Gasteiger partial charge in [0.05, 0.1) is 25.0 Å². The molecule has 1 aliphatic heterocycles. The van der Waals surface area contributed by atoms with E-state index in [2.05, 4.69) is 4.98 Å². The normalized spacial score (nSPS) is 20.2. The SMILES string of the molecule is NCc1ncccc1COCC1CCCO1. The van der Waals surface area contributed by atoms with Crippen molar-refractivity contribution in [2.24, 2.45) is 5.73 Å². The van der Waals surface area contributed by atoms with E-state index in [4.69, 9.17) is 15.2 Å². The molecule has 88 valence electrons. The summed E-state index contributed by atoms with van der Waals surface area (Å²) in [5.74, 6) is 0. The van der Waals surface area contributed by atoms with Gasteiger partial charge < -0.3 is 15.2 Å². The van der Waals surface area contributed by atoms with Gasteiger partial charge in [0.15, 0.2) is 0 Å². The summed E-state index contributed by atoms with van der Waals surface area (Å²) in [4.78, 5) is 4.21. The van der Waals surface area contributed by atoms with Crippen LogP contribution in [0.15, 0.2) is 18.3 Å². The largest absolute Gasteiger partial charge is 0.376 e. The number of hydrogen-bond acceptors (Lipinski definition) is 4. The molecule has 0 spiro atoms. The van der Waals surface area contributed by atoms with Crippen LogP contribution in [0.5, 0.6) is 0 Å². The highest BCUT2D eigenvalue weighted by atomic mass is 16.5. The van der Waals surface area contributed by atoms with Crippen molar-refractivity contribution in [1.82, 2.24) is 4.98 Å². The molecule has 1 unspecified atom stereocenters. The zero-order valence-corrected chi connectivity index (χ0v) is 9.39. The van der Waals surface area contributed by atoms with Gasteiger partial charge in [-0.25, -0.2) is 0 Å². The molecule has 2 heterocycles. The van der Waals surface area contributed by atoms with Gasteiger partial charge in [-0.2, -0.15) is 0 Å². The van der Waals surface area contributed by atoms with Crippen molar-refractivity contribution < 1.29 is 9.47 Å². The van der Waals surface area contributed by atoms with Crippen LogP contribution in [-0.2, 0) is 22.6 Å². The van der Waals surface area contributed by atoms with Crippen molar-refractivity contribution in [2.45, 2.75) is 32.1 Å². The van der Waals surface area contributed by atoms with Gasteiger partial charge in [0.2, 0.25) is 0 Å². The van der Waals surface area contributed by atoms with E-state index >= 15 is 0 Å². The molecule has 1 aromatic heterocycles. The lowest BCUT2D eigenvalue weighted by Crippen LogP contribution is -2.14. The summed E-state index contributed by atoms with van der Waals surface area (Å²) in [7, 11) is 0. The van der Waals surface area contributed by atoms with Crippen molar-refractivity contribution in [3.05, 3.63) is 29.6 Å². The summed E-state index contributed by atoms with van der Waals surface area (Å²) in [6, 6.07) is 3.91. The minimum Gasteiger partial charge on any atom is -0.376 e. The van der Waals surface area contributed by atoms with Gasteiger partial charge in [-0.3, -0.25) is 4.98 Å². The number of pyridine rings is 1. The number of ether oxygens (including phenoxy) is 2. The monoisotopic (exact) mass is 222 g/mol. The predicted octanol–water partition coefficient (Wildman–Crippen LogP) is 1.24. The Kier molecular flexibility index (Phi) is 4.27. The summed E-state index contributed by atoms with van der Waals surface area (Å²) < 4.78 is 11.1. The summed E-state index contributed by atoms with van der Waals surface area (Å²) in [5, 5.41) is 0. The third-order valence-electron chi connectivity index (χ3n) is 2.76. The van der Waals surface area contributed by atoms with Crippen LogP contribution < -0.4 is 5.73 Å². The predicted molar refractivity (Wildman–Crippen MR) is 60.8 cm³/mol.